The van der Waals surface area contributed by atoms with Gasteiger partial charge in [0.05, 0.1) is 0 Å². The van der Waals surface area contributed by atoms with Crippen LogP contribution in [-0.2, 0) is 16.0 Å². The van der Waals surface area contributed by atoms with Crippen molar-refractivity contribution in [3.05, 3.63) is 29.8 Å². The molecule has 6 nitrogen and oxygen atoms in total. The van der Waals surface area contributed by atoms with E-state index in [-0.39, 0.29) is 18.9 Å². The van der Waals surface area contributed by atoms with Crippen LogP contribution >= 0.6 is 0 Å². The minimum atomic E-state index is -0.543. The molecule has 0 radical (unpaired) electrons. The van der Waals surface area contributed by atoms with Crippen molar-refractivity contribution in [3.63, 3.8) is 0 Å². The second-order valence-electron chi connectivity index (χ2n) is 6.67. The van der Waals surface area contributed by atoms with Gasteiger partial charge in [-0.2, -0.15) is 0 Å². The lowest BCUT2D eigenvalue weighted by Crippen LogP contribution is -2.34. The van der Waals surface area contributed by atoms with Gasteiger partial charge in [-0.1, -0.05) is 12.1 Å². The number of unbranched alkanes of at least 4 members (excludes halogenated alkanes) is 1. The summed E-state index contributed by atoms with van der Waals surface area (Å²) in [5.41, 5.74) is 6.91. The van der Waals surface area contributed by atoms with E-state index < -0.39 is 11.7 Å². The molecule has 0 saturated carbocycles. The Morgan fingerprint density at radius 1 is 1.12 bits per heavy atom. The maximum atomic E-state index is 11.9. The van der Waals surface area contributed by atoms with E-state index in [1.807, 2.05) is 24.3 Å². The average Bonchev–Trinajstić information content (AvgIpc) is 2.47. The van der Waals surface area contributed by atoms with E-state index in [1.165, 1.54) is 5.56 Å². The van der Waals surface area contributed by atoms with Gasteiger partial charge in [0.15, 0.2) is 0 Å². The number of anilines is 1. The van der Waals surface area contributed by atoms with Crippen LogP contribution in [0.15, 0.2) is 24.3 Å². The first-order valence-electron chi connectivity index (χ1n) is 8.36. The molecular weight excluding hydrogens is 306 g/mol. The highest BCUT2D eigenvalue weighted by molar-refractivity contribution is 5.91. The topological polar surface area (TPSA) is 93.4 Å². The first kappa shape index (κ1) is 20.0. The zero-order valence-corrected chi connectivity index (χ0v) is 14.9. The van der Waals surface area contributed by atoms with Crippen LogP contribution in [0.1, 0.15) is 45.6 Å². The van der Waals surface area contributed by atoms with E-state index in [1.54, 1.807) is 20.8 Å². The fraction of sp³-hybridized carbons (Fsp3) is 0.556. The third-order valence-electron chi connectivity index (χ3n) is 3.18. The first-order chi connectivity index (χ1) is 11.3. The molecule has 24 heavy (non-hydrogen) atoms. The maximum absolute atomic E-state index is 11.9. The molecule has 1 aromatic rings. The van der Waals surface area contributed by atoms with Crippen LogP contribution in [0, 0.1) is 0 Å². The smallest absolute Gasteiger partial charge is 0.407 e. The molecule has 0 aliphatic carbocycles. The zero-order valence-electron chi connectivity index (χ0n) is 14.9. The van der Waals surface area contributed by atoms with Crippen molar-refractivity contribution < 1.29 is 14.3 Å². The average molecular weight is 335 g/mol. The second-order valence-corrected chi connectivity index (χ2v) is 6.67. The monoisotopic (exact) mass is 335 g/mol. The molecule has 0 atom stereocenters. The van der Waals surface area contributed by atoms with Crippen molar-refractivity contribution in [1.29, 1.82) is 0 Å². The molecule has 1 rings (SSSR count). The summed E-state index contributed by atoms with van der Waals surface area (Å²) < 4.78 is 5.10. The van der Waals surface area contributed by atoms with Gasteiger partial charge >= 0.3 is 6.09 Å². The number of benzene rings is 1. The normalized spacial score (nSPS) is 11.0. The Hall–Kier alpha value is -2.08. The molecule has 0 aliphatic heterocycles. The molecule has 0 fully saturated rings. The Morgan fingerprint density at radius 3 is 2.38 bits per heavy atom. The number of carbonyl (C=O) groups excluding carboxylic acids is 2. The molecule has 0 aliphatic rings. The molecule has 1 aromatic carbocycles. The zero-order chi connectivity index (χ0) is 18.0. The molecular formula is C18H29N3O3. The molecule has 0 aromatic heterocycles. The molecule has 134 valence electrons. The summed E-state index contributed by atoms with van der Waals surface area (Å²) in [7, 11) is 0. The third-order valence-corrected chi connectivity index (χ3v) is 3.18. The minimum absolute atomic E-state index is 0.151. The predicted molar refractivity (Wildman–Crippen MR) is 95.9 cm³/mol. The number of carbonyl (C=O) groups is 2. The van der Waals surface area contributed by atoms with Crippen LogP contribution in [-0.4, -0.2) is 30.7 Å². The molecule has 0 heterocycles. The van der Waals surface area contributed by atoms with Crippen molar-refractivity contribution >= 4 is 17.7 Å². The van der Waals surface area contributed by atoms with Crippen molar-refractivity contribution in [2.24, 2.45) is 5.73 Å². The first-order valence-corrected chi connectivity index (χ1v) is 8.36. The van der Waals surface area contributed by atoms with Gasteiger partial charge in [-0.3, -0.25) is 4.79 Å². The quantitative estimate of drug-likeness (QED) is 0.637. The fourth-order valence-electron chi connectivity index (χ4n) is 2.04. The Labute approximate surface area is 144 Å². The Kier molecular flexibility index (Phi) is 8.26. The number of nitrogens with one attached hydrogen (secondary N) is 2. The third kappa shape index (κ3) is 9.15. The van der Waals surface area contributed by atoms with E-state index in [2.05, 4.69) is 10.6 Å². The number of ether oxygens (including phenoxy) is 1. The van der Waals surface area contributed by atoms with Gasteiger partial charge < -0.3 is 21.1 Å². The van der Waals surface area contributed by atoms with Crippen molar-refractivity contribution in [1.82, 2.24) is 5.32 Å². The van der Waals surface area contributed by atoms with E-state index in [0.717, 1.165) is 24.9 Å². The van der Waals surface area contributed by atoms with E-state index in [4.69, 9.17) is 10.5 Å². The van der Waals surface area contributed by atoms with Gasteiger partial charge in [0, 0.05) is 18.7 Å². The highest BCUT2D eigenvalue weighted by Crippen LogP contribution is 2.12. The van der Waals surface area contributed by atoms with Gasteiger partial charge in [0.1, 0.15) is 5.60 Å². The molecule has 6 heteroatoms. The number of hydrogen-bond donors (Lipinski definition) is 3. The van der Waals surface area contributed by atoms with Crippen LogP contribution < -0.4 is 16.4 Å². The van der Waals surface area contributed by atoms with Crippen LogP contribution in [0.25, 0.3) is 0 Å². The predicted octanol–water partition coefficient (Wildman–Crippen LogP) is 2.82. The van der Waals surface area contributed by atoms with Crippen molar-refractivity contribution in [3.8, 4) is 0 Å². The van der Waals surface area contributed by atoms with Gasteiger partial charge in [-0.15, -0.1) is 0 Å². The largest absolute Gasteiger partial charge is 0.444 e. The lowest BCUT2D eigenvalue weighted by atomic mass is 10.1. The number of amides is 2. The summed E-state index contributed by atoms with van der Waals surface area (Å²) >= 11 is 0. The summed E-state index contributed by atoms with van der Waals surface area (Å²) in [5.74, 6) is -0.151. The van der Waals surface area contributed by atoms with Crippen molar-refractivity contribution in [2.45, 2.75) is 52.1 Å². The SMILES string of the molecule is CC(C)(C)OC(=O)NCCC(=O)Nc1ccc(CCCCN)cc1. The number of alkyl carbamates (subject to hydrolysis) is 1. The molecule has 0 unspecified atom stereocenters. The Bertz CT molecular complexity index is 521. The molecule has 0 saturated heterocycles. The highest BCUT2D eigenvalue weighted by atomic mass is 16.6. The Balaban J connectivity index is 2.28. The van der Waals surface area contributed by atoms with Gasteiger partial charge in [0.25, 0.3) is 0 Å². The van der Waals surface area contributed by atoms with E-state index in [0.29, 0.717) is 6.54 Å². The minimum Gasteiger partial charge on any atom is -0.444 e. The van der Waals surface area contributed by atoms with Crippen LogP contribution in [0.2, 0.25) is 0 Å². The molecule has 0 spiro atoms. The van der Waals surface area contributed by atoms with Gasteiger partial charge in [-0.05, 0) is 64.3 Å². The van der Waals surface area contributed by atoms with Crippen LogP contribution in [0.5, 0.6) is 0 Å². The van der Waals surface area contributed by atoms with Gasteiger partial charge in [-0.25, -0.2) is 4.79 Å². The standard InChI is InChI=1S/C18H29N3O3/c1-18(2,3)24-17(23)20-13-11-16(22)21-15-9-7-14(8-10-15)6-4-5-12-19/h7-10H,4-6,11-13,19H2,1-3H3,(H,20,23)(H,21,22). The maximum Gasteiger partial charge on any atom is 0.407 e. The lowest BCUT2D eigenvalue weighted by Gasteiger charge is -2.19. The van der Waals surface area contributed by atoms with Crippen LogP contribution in [0.3, 0.4) is 0 Å². The molecule has 0 bridgehead atoms. The number of rotatable bonds is 8. The molecule has 2 amide bonds. The lowest BCUT2D eigenvalue weighted by molar-refractivity contribution is -0.116. The summed E-state index contributed by atoms with van der Waals surface area (Å²) in [6.45, 7) is 6.32. The highest BCUT2D eigenvalue weighted by Gasteiger charge is 2.15. The van der Waals surface area contributed by atoms with Gasteiger partial charge in [0.2, 0.25) is 5.91 Å². The summed E-state index contributed by atoms with van der Waals surface area (Å²) in [4.78, 5) is 23.3. The van der Waals surface area contributed by atoms with E-state index in [9.17, 15) is 9.59 Å². The van der Waals surface area contributed by atoms with E-state index >= 15 is 0 Å². The fourth-order valence-corrected chi connectivity index (χ4v) is 2.04. The van der Waals surface area contributed by atoms with Crippen molar-refractivity contribution in [2.75, 3.05) is 18.4 Å². The Morgan fingerprint density at radius 2 is 1.79 bits per heavy atom. The number of nitrogens with two attached hydrogens (primary N) is 1. The number of aryl methyl sites for hydroxylation is 1. The summed E-state index contributed by atoms with van der Waals surface area (Å²) in [6, 6.07) is 7.78. The summed E-state index contributed by atoms with van der Waals surface area (Å²) in [5, 5.41) is 5.37. The van der Waals surface area contributed by atoms with Crippen LogP contribution in [0.4, 0.5) is 10.5 Å². The summed E-state index contributed by atoms with van der Waals surface area (Å²) in [6.07, 6.45) is 2.75. The number of hydrogen-bond acceptors (Lipinski definition) is 4. The second kappa shape index (κ2) is 9.93. The molecule has 4 N–H and O–H groups in total.